The zero-order valence-electron chi connectivity index (χ0n) is 17.4. The fourth-order valence-corrected chi connectivity index (χ4v) is 4.91. The molecule has 0 saturated carbocycles. The van der Waals surface area contributed by atoms with Crippen LogP contribution < -0.4 is 16.1 Å². The van der Waals surface area contributed by atoms with Gasteiger partial charge in [0.25, 0.3) is 0 Å². The second-order valence-corrected chi connectivity index (χ2v) is 8.25. The summed E-state index contributed by atoms with van der Waals surface area (Å²) in [4.78, 5) is 52.3. The molecule has 0 spiro atoms. The first kappa shape index (κ1) is 19.3. The Labute approximate surface area is 187 Å². The lowest BCUT2D eigenvalue weighted by Gasteiger charge is -2.20. The quantitative estimate of drug-likeness (QED) is 0.398. The van der Waals surface area contributed by atoms with Crippen LogP contribution in [0.2, 0.25) is 0 Å². The van der Waals surface area contributed by atoms with Crippen molar-refractivity contribution in [1.29, 1.82) is 0 Å². The van der Waals surface area contributed by atoms with Gasteiger partial charge in [0.1, 0.15) is 5.92 Å². The van der Waals surface area contributed by atoms with Crippen molar-refractivity contribution < 1.29 is 9.59 Å². The van der Waals surface area contributed by atoms with Gasteiger partial charge in [-0.05, 0) is 16.8 Å². The number of Topliss-reactive ketones (excluding diaryl/α,β-unsaturated/α-hetero) is 2. The third kappa shape index (κ3) is 2.71. The summed E-state index contributed by atoms with van der Waals surface area (Å²) in [5, 5.41) is 4.02. The highest BCUT2D eigenvalue weighted by molar-refractivity contribution is 6.30. The van der Waals surface area contributed by atoms with Crippen molar-refractivity contribution in [2.75, 3.05) is 0 Å². The van der Waals surface area contributed by atoms with E-state index >= 15 is 0 Å². The fourth-order valence-electron chi connectivity index (χ4n) is 4.91. The molecule has 33 heavy (non-hydrogen) atoms. The predicted molar refractivity (Wildman–Crippen MR) is 130 cm³/mol. The molecule has 0 N–H and O–H groups in total. The van der Waals surface area contributed by atoms with E-state index in [4.69, 9.17) is 0 Å². The molecule has 0 fully saturated rings. The first-order valence-electron chi connectivity index (χ1n) is 10.7. The average molecular weight is 428 g/mol. The highest BCUT2D eigenvalue weighted by Gasteiger charge is 2.33. The lowest BCUT2D eigenvalue weighted by molar-refractivity contribution is 0.0836. The number of ketones is 2. The maximum absolute atomic E-state index is 13.1. The molecule has 0 bridgehead atoms. The minimum atomic E-state index is -0.994. The SMILES string of the molecule is O=C1c2cccc3cccc(c23)C(=O)C1C=CC=c1c(=O)c2cccc3cccc(c1=O)c32. The molecule has 0 unspecified atom stereocenters. The number of hydrogen-bond acceptors (Lipinski definition) is 4. The van der Waals surface area contributed by atoms with Crippen molar-refractivity contribution in [3.05, 3.63) is 122 Å². The van der Waals surface area contributed by atoms with Crippen molar-refractivity contribution in [2.45, 2.75) is 0 Å². The lowest BCUT2D eigenvalue weighted by atomic mass is 9.80. The average Bonchev–Trinajstić information content (AvgIpc) is 2.84. The second-order valence-electron chi connectivity index (χ2n) is 8.25. The van der Waals surface area contributed by atoms with E-state index < -0.39 is 5.92 Å². The summed E-state index contributed by atoms with van der Waals surface area (Å²) >= 11 is 0. The van der Waals surface area contributed by atoms with E-state index in [1.54, 1.807) is 48.5 Å². The van der Waals surface area contributed by atoms with Gasteiger partial charge in [-0.15, -0.1) is 0 Å². The molecule has 4 nitrogen and oxygen atoms in total. The minimum Gasteiger partial charge on any atom is -0.293 e. The number of rotatable bonds is 2. The van der Waals surface area contributed by atoms with Crippen LogP contribution in [-0.2, 0) is 0 Å². The summed E-state index contributed by atoms with van der Waals surface area (Å²) in [6.07, 6.45) is 4.38. The number of allylic oxidation sites excluding steroid dienone is 2. The zero-order valence-corrected chi connectivity index (χ0v) is 17.4. The van der Waals surface area contributed by atoms with Crippen LogP contribution in [-0.4, -0.2) is 11.6 Å². The Morgan fingerprint density at radius 3 is 1.61 bits per heavy atom. The van der Waals surface area contributed by atoms with Gasteiger partial charge in [-0.2, -0.15) is 0 Å². The molecule has 5 aromatic rings. The number of hydrogen-bond donors (Lipinski definition) is 0. The fraction of sp³-hybridized carbons (Fsp3) is 0.0345. The van der Waals surface area contributed by atoms with Gasteiger partial charge in [-0.1, -0.05) is 84.9 Å². The minimum absolute atomic E-state index is 0.0238. The van der Waals surface area contributed by atoms with E-state index in [9.17, 15) is 19.2 Å². The van der Waals surface area contributed by atoms with E-state index in [2.05, 4.69) is 0 Å². The van der Waals surface area contributed by atoms with Crippen LogP contribution in [0.25, 0.3) is 38.4 Å². The molecule has 5 aromatic carbocycles. The molecular weight excluding hydrogens is 412 g/mol. The molecule has 0 heterocycles. The molecule has 0 radical (unpaired) electrons. The van der Waals surface area contributed by atoms with Crippen molar-refractivity contribution in [3.8, 4) is 0 Å². The summed E-state index contributed by atoms with van der Waals surface area (Å²) in [6, 6.07) is 21.6. The maximum Gasteiger partial charge on any atom is 0.197 e. The van der Waals surface area contributed by atoms with E-state index in [1.807, 2.05) is 24.3 Å². The molecule has 0 atom stereocenters. The monoisotopic (exact) mass is 428 g/mol. The summed E-state index contributed by atoms with van der Waals surface area (Å²) in [5.74, 6) is -1.56. The lowest BCUT2D eigenvalue weighted by Crippen LogP contribution is -2.38. The van der Waals surface area contributed by atoms with Crippen LogP contribution in [0.4, 0.5) is 0 Å². The first-order chi connectivity index (χ1) is 16.1. The smallest absolute Gasteiger partial charge is 0.197 e. The number of benzene rings is 5. The molecule has 0 aromatic heterocycles. The van der Waals surface area contributed by atoms with E-state index in [0.717, 1.165) is 10.8 Å². The first-order valence-corrected chi connectivity index (χ1v) is 10.7. The van der Waals surface area contributed by atoms with Crippen LogP contribution in [0, 0.1) is 5.92 Å². The third-order valence-corrected chi connectivity index (χ3v) is 6.45. The van der Waals surface area contributed by atoms with E-state index in [0.29, 0.717) is 32.7 Å². The summed E-state index contributed by atoms with van der Waals surface area (Å²) in [5.41, 5.74) is 0.307. The Bertz CT molecular complexity index is 1730. The van der Waals surface area contributed by atoms with E-state index in [1.165, 1.54) is 18.2 Å². The zero-order chi connectivity index (χ0) is 22.7. The molecule has 156 valence electrons. The van der Waals surface area contributed by atoms with Crippen LogP contribution in [0.1, 0.15) is 20.7 Å². The van der Waals surface area contributed by atoms with Crippen LogP contribution >= 0.6 is 0 Å². The van der Waals surface area contributed by atoms with Gasteiger partial charge < -0.3 is 0 Å². The number of carbonyl (C=O) groups excluding carboxylic acids is 2. The second kappa shape index (κ2) is 7.04. The highest BCUT2D eigenvalue weighted by atomic mass is 16.2. The Kier molecular flexibility index (Phi) is 4.11. The van der Waals surface area contributed by atoms with Crippen LogP contribution in [0.3, 0.4) is 0 Å². The normalized spacial score (nSPS) is 14.2. The van der Waals surface area contributed by atoms with Crippen molar-refractivity contribution in [3.63, 3.8) is 0 Å². The van der Waals surface area contributed by atoms with Gasteiger partial charge in [0.2, 0.25) is 0 Å². The van der Waals surface area contributed by atoms with E-state index in [-0.39, 0.29) is 27.6 Å². The Hall–Kier alpha value is -4.44. The summed E-state index contributed by atoms with van der Waals surface area (Å²) in [6.45, 7) is 0. The largest absolute Gasteiger partial charge is 0.293 e. The Morgan fingerprint density at radius 2 is 1.06 bits per heavy atom. The van der Waals surface area contributed by atoms with Gasteiger partial charge in [-0.25, -0.2) is 0 Å². The predicted octanol–water partition coefficient (Wildman–Crippen LogP) is 4.06. The molecule has 1 aliphatic carbocycles. The maximum atomic E-state index is 13.1. The van der Waals surface area contributed by atoms with Gasteiger partial charge in [-0.3, -0.25) is 19.2 Å². The van der Waals surface area contributed by atoms with Crippen molar-refractivity contribution in [2.24, 2.45) is 5.92 Å². The molecule has 0 saturated heterocycles. The summed E-state index contributed by atoms with van der Waals surface area (Å²) in [7, 11) is 0. The van der Waals surface area contributed by atoms with Gasteiger partial charge in [0.05, 0.1) is 5.22 Å². The molecule has 1 aliphatic rings. The van der Waals surface area contributed by atoms with Crippen LogP contribution in [0.15, 0.2) is 94.5 Å². The van der Waals surface area contributed by atoms with Crippen LogP contribution in [0.5, 0.6) is 0 Å². The summed E-state index contributed by atoms with van der Waals surface area (Å²) < 4.78 is 0. The van der Waals surface area contributed by atoms with Gasteiger partial charge >= 0.3 is 0 Å². The molecule has 6 rings (SSSR count). The molecular formula is C29H16O4. The number of carbonyl (C=O) groups is 2. The molecule has 0 aliphatic heterocycles. The standard InChI is InChI=1S/C29H16O4/c30-26-18-10-1-6-16-7-2-11-19(24(16)18)27(31)22(26)14-5-15-23-28(32)20-12-3-8-17-9-4-13-21(25(17)20)29(23)33/h1-15,22H. The van der Waals surface area contributed by atoms with Crippen molar-refractivity contribution >= 4 is 50.0 Å². The van der Waals surface area contributed by atoms with Gasteiger partial charge in [0.15, 0.2) is 22.4 Å². The Balaban J connectivity index is 1.50. The van der Waals surface area contributed by atoms with Crippen molar-refractivity contribution in [1.82, 2.24) is 0 Å². The molecule has 4 heteroatoms. The molecule has 0 amide bonds. The Morgan fingerprint density at radius 1 is 0.576 bits per heavy atom. The highest BCUT2D eigenvalue weighted by Crippen LogP contribution is 2.32. The van der Waals surface area contributed by atoms with Gasteiger partial charge in [0, 0.05) is 32.7 Å². The third-order valence-electron chi connectivity index (χ3n) is 6.45. The topological polar surface area (TPSA) is 68.3 Å².